The summed E-state index contributed by atoms with van der Waals surface area (Å²) in [5.41, 5.74) is -1.47. The lowest BCUT2D eigenvalue weighted by atomic mass is 9.98. The topological polar surface area (TPSA) is 152 Å². The van der Waals surface area contributed by atoms with E-state index in [9.17, 15) is 23.7 Å². The van der Waals surface area contributed by atoms with Crippen LogP contribution in [0.2, 0.25) is 0 Å². The molecule has 2 aliphatic rings. The van der Waals surface area contributed by atoms with Crippen LogP contribution in [0.5, 0.6) is 0 Å². The van der Waals surface area contributed by atoms with Crippen LogP contribution >= 0.6 is 34.9 Å². The van der Waals surface area contributed by atoms with E-state index < -0.39 is 28.9 Å². The van der Waals surface area contributed by atoms with Crippen molar-refractivity contribution in [2.45, 2.75) is 16.3 Å². The van der Waals surface area contributed by atoms with Gasteiger partial charge in [0.05, 0.1) is 4.88 Å². The van der Waals surface area contributed by atoms with Crippen molar-refractivity contribution in [1.82, 2.24) is 20.4 Å². The number of carboxylic acid groups (broad SMARTS) is 1. The molecule has 0 spiro atoms. The zero-order chi connectivity index (χ0) is 22.9. The van der Waals surface area contributed by atoms with E-state index >= 15 is 0 Å². The number of hydrogen-bond donors (Lipinski definition) is 2. The van der Waals surface area contributed by atoms with Gasteiger partial charge in [-0.25, -0.2) is 9.00 Å². The molecule has 4 heterocycles. The number of thioether (sulfide) groups is 2. The van der Waals surface area contributed by atoms with Crippen LogP contribution in [0, 0.1) is 0 Å². The summed E-state index contributed by atoms with van der Waals surface area (Å²) in [4.78, 5) is 39.4. The third-order valence-corrected chi connectivity index (χ3v) is 8.56. The molecule has 2 aromatic rings. The summed E-state index contributed by atoms with van der Waals surface area (Å²) in [5, 5.41) is 20.8. The lowest BCUT2D eigenvalue weighted by Gasteiger charge is -2.55. The second-order valence-electron chi connectivity index (χ2n) is 6.37. The molecule has 0 aromatic carbocycles. The van der Waals surface area contributed by atoms with Gasteiger partial charge in [-0.1, -0.05) is 17.8 Å². The zero-order valence-corrected chi connectivity index (χ0v) is 19.4. The van der Waals surface area contributed by atoms with Crippen LogP contribution in [-0.4, -0.2) is 76.8 Å². The highest BCUT2D eigenvalue weighted by atomic mass is 32.2. The standard InChI is InChI=1S/C17H14N4O7S4/c1-27-17(19-12(22)11(32-26)9-3-2-4-29-9)14(25)21-10(13(23)24)8(5-30-15(17)21)6-31-16-20-18-7-28-16/h2-4,7,15H,5-6H2,1H3,(H,19,22)(H,23,24)/t15-,17+/m1/s1. The van der Waals surface area contributed by atoms with Gasteiger partial charge in [0, 0.05) is 18.6 Å². The third-order valence-electron chi connectivity index (χ3n) is 4.68. The van der Waals surface area contributed by atoms with Crippen molar-refractivity contribution in [2.75, 3.05) is 18.6 Å². The van der Waals surface area contributed by atoms with E-state index in [0.717, 1.165) is 23.1 Å². The van der Waals surface area contributed by atoms with Crippen molar-refractivity contribution in [2.24, 2.45) is 0 Å². The second-order valence-corrected chi connectivity index (χ2v) is 9.89. The molecular formula is C17H14N4O7S4. The number of carboxylic acids is 1. The van der Waals surface area contributed by atoms with E-state index in [1.54, 1.807) is 17.5 Å². The first-order valence-corrected chi connectivity index (χ1v) is 12.5. The molecule has 0 unspecified atom stereocenters. The van der Waals surface area contributed by atoms with Crippen molar-refractivity contribution in [3.8, 4) is 0 Å². The first-order valence-electron chi connectivity index (χ1n) is 8.80. The van der Waals surface area contributed by atoms with E-state index in [1.165, 1.54) is 30.2 Å². The monoisotopic (exact) mass is 514 g/mol. The molecule has 0 bridgehead atoms. The van der Waals surface area contributed by atoms with Gasteiger partial charge in [0.15, 0.2) is 0 Å². The number of aromatic nitrogens is 2. The van der Waals surface area contributed by atoms with Crippen molar-refractivity contribution < 1.29 is 32.9 Å². The molecule has 1 saturated heterocycles. The summed E-state index contributed by atoms with van der Waals surface area (Å²) in [5.74, 6) is -2.27. The van der Waals surface area contributed by atoms with Crippen LogP contribution < -0.4 is 5.32 Å². The van der Waals surface area contributed by atoms with Crippen LogP contribution in [0.4, 0.5) is 0 Å². The number of nitrogens with zero attached hydrogens (tertiary/aromatic N) is 3. The Labute approximate surface area is 196 Å². The van der Waals surface area contributed by atoms with Crippen molar-refractivity contribution in [3.63, 3.8) is 0 Å². The molecule has 4 rings (SSSR count). The highest BCUT2D eigenvalue weighted by Crippen LogP contribution is 2.47. The van der Waals surface area contributed by atoms with E-state index in [2.05, 4.69) is 15.5 Å². The predicted octanol–water partition coefficient (Wildman–Crippen LogP) is 0.370. The van der Waals surface area contributed by atoms with Crippen molar-refractivity contribution in [3.05, 3.63) is 40.1 Å². The lowest BCUT2D eigenvalue weighted by molar-refractivity contribution is -0.191. The van der Waals surface area contributed by atoms with Gasteiger partial charge in [0.25, 0.3) is 22.8 Å². The minimum atomic E-state index is -1.79. The molecule has 2 amide bonds. The maximum atomic E-state index is 13.1. The van der Waals surface area contributed by atoms with Crippen LogP contribution in [-0.2, 0) is 30.4 Å². The molecule has 2 N–H and O–H groups in total. The summed E-state index contributed by atoms with van der Waals surface area (Å²) >= 11 is 3.62. The highest BCUT2D eigenvalue weighted by molar-refractivity contribution is 8.01. The molecule has 32 heavy (non-hydrogen) atoms. The molecule has 11 nitrogen and oxygen atoms in total. The number of thiophene rings is 1. The Morgan fingerprint density at radius 1 is 1.50 bits per heavy atom. The predicted molar refractivity (Wildman–Crippen MR) is 117 cm³/mol. The lowest BCUT2D eigenvalue weighted by Crippen LogP contribution is -2.81. The summed E-state index contributed by atoms with van der Waals surface area (Å²) < 4.78 is 22.0. The smallest absolute Gasteiger partial charge is 0.352 e. The van der Waals surface area contributed by atoms with E-state index in [-0.39, 0.29) is 38.5 Å². The van der Waals surface area contributed by atoms with Crippen LogP contribution in [0.25, 0.3) is 0 Å². The number of ether oxygens (including phenoxy) is 1. The molecule has 168 valence electrons. The van der Waals surface area contributed by atoms with Crippen molar-refractivity contribution in [1.29, 1.82) is 0 Å². The molecule has 1 fully saturated rings. The fourth-order valence-electron chi connectivity index (χ4n) is 3.25. The fraction of sp³-hybridized carbons (Fsp3) is 0.294. The number of carbonyl (C=O) groups is 3. The zero-order valence-electron chi connectivity index (χ0n) is 16.2. The average Bonchev–Trinajstić information content (AvgIpc) is 3.50. The Balaban J connectivity index is 1.58. The van der Waals surface area contributed by atoms with Gasteiger partial charge in [-0.05, 0) is 17.0 Å². The van der Waals surface area contributed by atoms with E-state index in [1.807, 2.05) is 0 Å². The normalized spacial score (nSPS) is 22.2. The molecule has 0 radical (unpaired) electrons. The molecule has 0 aliphatic carbocycles. The molecule has 2 atom stereocenters. The number of methoxy groups -OCH3 is 1. The summed E-state index contributed by atoms with van der Waals surface area (Å²) in [6, 6.07) is 3.31. The van der Waals surface area contributed by atoms with Crippen molar-refractivity contribution >= 4 is 68.8 Å². The van der Waals surface area contributed by atoms with Crippen LogP contribution in [0.1, 0.15) is 4.88 Å². The Morgan fingerprint density at radius 3 is 2.91 bits per heavy atom. The first kappa shape index (κ1) is 22.7. The van der Waals surface area contributed by atoms with E-state index in [0.29, 0.717) is 10.5 Å². The Kier molecular flexibility index (Phi) is 6.52. The largest absolute Gasteiger partial charge is 0.477 e. The average molecular weight is 515 g/mol. The summed E-state index contributed by atoms with van der Waals surface area (Å²) in [6.07, 6.45) is 1.16. The van der Waals surface area contributed by atoms with E-state index in [4.69, 9.17) is 9.15 Å². The maximum Gasteiger partial charge on any atom is 0.352 e. The number of rotatable bonds is 8. The van der Waals surface area contributed by atoms with Gasteiger partial charge in [0.2, 0.25) is 6.39 Å². The number of carbonyl (C=O) groups excluding carboxylic acids is 2. The van der Waals surface area contributed by atoms with Gasteiger partial charge in [0.1, 0.15) is 27.2 Å². The highest BCUT2D eigenvalue weighted by Gasteiger charge is 2.66. The van der Waals surface area contributed by atoms with Gasteiger partial charge >= 0.3 is 5.97 Å². The quantitative estimate of drug-likeness (QED) is 0.165. The fourth-order valence-corrected chi connectivity index (χ4v) is 6.76. The third kappa shape index (κ3) is 3.79. The summed E-state index contributed by atoms with van der Waals surface area (Å²) in [7, 11) is 1.25. The Bertz CT molecular complexity index is 1140. The number of β-lactam (4-membered cyclic amide) rings is 1. The number of fused-ring (bicyclic) bond motifs is 1. The molecule has 2 aromatic heterocycles. The minimum absolute atomic E-state index is 0.0149. The SMILES string of the molecule is CO[C@@]1(NC(=O)C(=S=O)c2cccs2)C(=O)N2C(C(=O)O)=C(CSc3nnco3)CS[C@@H]21. The molecule has 15 heteroatoms. The van der Waals surface area contributed by atoms with Crippen LogP contribution in [0.15, 0.2) is 44.8 Å². The van der Waals surface area contributed by atoms with Gasteiger partial charge in [-0.15, -0.1) is 33.3 Å². The summed E-state index contributed by atoms with van der Waals surface area (Å²) in [6.45, 7) is 0. The Hall–Kier alpha value is -2.46. The second kappa shape index (κ2) is 9.19. The number of nitrogens with one attached hydrogen (secondary N) is 1. The number of aliphatic carboxylic acids is 1. The molecular weight excluding hydrogens is 500 g/mol. The number of hydrogen-bond acceptors (Lipinski definition) is 11. The molecule has 2 aliphatic heterocycles. The number of amides is 2. The maximum absolute atomic E-state index is 13.1. The van der Waals surface area contributed by atoms with Crippen LogP contribution in [0.3, 0.4) is 0 Å². The Morgan fingerprint density at radius 2 is 2.31 bits per heavy atom. The minimum Gasteiger partial charge on any atom is -0.477 e. The van der Waals surface area contributed by atoms with Gasteiger partial charge < -0.3 is 19.6 Å². The molecule has 0 saturated carbocycles. The van der Waals surface area contributed by atoms with Gasteiger partial charge in [-0.2, -0.15) is 0 Å². The van der Waals surface area contributed by atoms with Gasteiger partial charge in [-0.3, -0.25) is 14.5 Å². The first-order chi connectivity index (χ1) is 15.4.